The zero-order chi connectivity index (χ0) is 12.0. The van der Waals surface area contributed by atoms with Gasteiger partial charge in [0.2, 0.25) is 5.88 Å². The molecule has 0 fully saturated rings. The van der Waals surface area contributed by atoms with Gasteiger partial charge in [-0.05, 0) is 22.0 Å². The molecule has 0 aliphatic carbocycles. The molecule has 0 radical (unpaired) electrons. The zero-order valence-corrected chi connectivity index (χ0v) is 10.7. The highest BCUT2D eigenvalue weighted by Gasteiger charge is 2.13. The number of para-hydroxylation sites is 1. The van der Waals surface area contributed by atoms with Crippen molar-refractivity contribution in [3.05, 3.63) is 34.9 Å². The van der Waals surface area contributed by atoms with Crippen LogP contribution in [0, 0.1) is 0 Å². The maximum Gasteiger partial charge on any atom is 0.222 e. The Labute approximate surface area is 106 Å². The average Bonchev–Trinajstić information content (AvgIpc) is 2.84. The van der Waals surface area contributed by atoms with E-state index in [1.807, 2.05) is 25.4 Å². The first kappa shape index (κ1) is 10.4. The van der Waals surface area contributed by atoms with Crippen LogP contribution in [-0.2, 0) is 7.05 Å². The number of aryl methyl sites for hydroxylation is 1. The van der Waals surface area contributed by atoms with E-state index in [9.17, 15) is 0 Å². The Morgan fingerprint density at radius 1 is 1.41 bits per heavy atom. The van der Waals surface area contributed by atoms with Gasteiger partial charge in [-0.15, -0.1) is 0 Å². The highest BCUT2D eigenvalue weighted by Crippen LogP contribution is 2.33. The van der Waals surface area contributed by atoms with Crippen molar-refractivity contribution in [2.75, 3.05) is 5.73 Å². The highest BCUT2D eigenvalue weighted by atomic mass is 79.9. The van der Waals surface area contributed by atoms with Crippen molar-refractivity contribution in [1.82, 2.24) is 9.72 Å². The van der Waals surface area contributed by atoms with E-state index in [4.69, 9.17) is 10.3 Å². The Morgan fingerprint density at radius 3 is 2.94 bits per heavy atom. The molecular formula is C12H10BrN3O. The number of hydrogen-bond donors (Lipinski definition) is 1. The molecule has 2 heterocycles. The molecule has 86 valence electrons. The van der Waals surface area contributed by atoms with Gasteiger partial charge >= 0.3 is 0 Å². The second kappa shape index (κ2) is 3.63. The van der Waals surface area contributed by atoms with Crippen molar-refractivity contribution in [3.8, 4) is 11.3 Å². The van der Waals surface area contributed by atoms with Crippen LogP contribution in [0.3, 0.4) is 0 Å². The molecule has 0 unspecified atom stereocenters. The van der Waals surface area contributed by atoms with Gasteiger partial charge in [-0.1, -0.05) is 17.3 Å². The Bertz CT molecular complexity index is 699. The number of nitrogen functional groups attached to an aromatic ring is 1. The minimum atomic E-state index is 0.326. The lowest BCUT2D eigenvalue weighted by Crippen LogP contribution is -1.83. The lowest BCUT2D eigenvalue weighted by atomic mass is 10.1. The Morgan fingerprint density at radius 2 is 2.24 bits per heavy atom. The lowest BCUT2D eigenvalue weighted by Gasteiger charge is -1.98. The van der Waals surface area contributed by atoms with Crippen LogP contribution in [0.1, 0.15) is 0 Å². The van der Waals surface area contributed by atoms with Gasteiger partial charge < -0.3 is 14.8 Å². The number of benzene rings is 1. The van der Waals surface area contributed by atoms with Crippen LogP contribution in [-0.4, -0.2) is 9.72 Å². The van der Waals surface area contributed by atoms with Gasteiger partial charge in [-0.3, -0.25) is 0 Å². The zero-order valence-electron chi connectivity index (χ0n) is 9.14. The van der Waals surface area contributed by atoms with E-state index in [1.165, 1.54) is 0 Å². The Kier molecular flexibility index (Phi) is 2.22. The van der Waals surface area contributed by atoms with Gasteiger partial charge in [0.1, 0.15) is 5.69 Å². The molecule has 0 amide bonds. The van der Waals surface area contributed by atoms with Gasteiger partial charge in [0.15, 0.2) is 0 Å². The smallest absolute Gasteiger partial charge is 0.222 e. The minimum absolute atomic E-state index is 0.326. The van der Waals surface area contributed by atoms with E-state index in [2.05, 4.69) is 31.7 Å². The molecule has 2 aromatic heterocycles. The number of halogens is 1. The fourth-order valence-corrected chi connectivity index (χ4v) is 2.69. The third kappa shape index (κ3) is 1.54. The summed E-state index contributed by atoms with van der Waals surface area (Å²) in [5, 5.41) is 5.07. The fraction of sp³-hybridized carbons (Fsp3) is 0.0833. The second-order valence-corrected chi connectivity index (χ2v) is 4.76. The average molecular weight is 292 g/mol. The van der Waals surface area contributed by atoms with Crippen LogP contribution in [0.4, 0.5) is 5.88 Å². The molecule has 0 aliphatic heterocycles. The first-order chi connectivity index (χ1) is 8.16. The van der Waals surface area contributed by atoms with Gasteiger partial charge in [0, 0.05) is 34.7 Å². The largest absolute Gasteiger partial charge is 0.368 e. The first-order valence-corrected chi connectivity index (χ1v) is 5.92. The molecule has 3 rings (SSSR count). The van der Waals surface area contributed by atoms with E-state index in [1.54, 1.807) is 6.07 Å². The predicted octanol–water partition coefficient (Wildman–Crippen LogP) is 3.18. The van der Waals surface area contributed by atoms with Gasteiger partial charge in [-0.2, -0.15) is 0 Å². The van der Waals surface area contributed by atoms with Gasteiger partial charge in [0.25, 0.3) is 0 Å². The van der Waals surface area contributed by atoms with Crippen LogP contribution in [0.15, 0.2) is 39.5 Å². The fourth-order valence-electron chi connectivity index (χ4n) is 2.04. The van der Waals surface area contributed by atoms with Crippen LogP contribution < -0.4 is 5.73 Å². The second-order valence-electron chi connectivity index (χ2n) is 3.90. The van der Waals surface area contributed by atoms with Crippen LogP contribution in [0.5, 0.6) is 0 Å². The summed E-state index contributed by atoms with van der Waals surface area (Å²) in [4.78, 5) is 0. The number of aromatic nitrogens is 2. The standard InChI is InChI=1S/C12H10BrN3O/c1-16-6-8(10-5-11(14)17-15-10)7-3-2-4-9(13)12(7)16/h2-6H,14H2,1H3. The summed E-state index contributed by atoms with van der Waals surface area (Å²) in [7, 11) is 2.00. The summed E-state index contributed by atoms with van der Waals surface area (Å²) >= 11 is 3.55. The van der Waals surface area contributed by atoms with E-state index < -0.39 is 0 Å². The topological polar surface area (TPSA) is 57.0 Å². The first-order valence-electron chi connectivity index (χ1n) is 5.13. The Hall–Kier alpha value is -1.75. The van der Waals surface area contributed by atoms with Crippen molar-refractivity contribution in [1.29, 1.82) is 0 Å². The maximum atomic E-state index is 5.55. The van der Waals surface area contributed by atoms with E-state index >= 15 is 0 Å². The molecule has 5 heteroatoms. The van der Waals surface area contributed by atoms with Crippen LogP contribution in [0.2, 0.25) is 0 Å². The molecule has 0 bridgehead atoms. The number of nitrogens with zero attached hydrogens (tertiary/aromatic N) is 2. The lowest BCUT2D eigenvalue weighted by molar-refractivity contribution is 0.439. The van der Waals surface area contributed by atoms with E-state index in [-0.39, 0.29) is 0 Å². The number of anilines is 1. The predicted molar refractivity (Wildman–Crippen MR) is 70.5 cm³/mol. The maximum absolute atomic E-state index is 5.55. The van der Waals surface area contributed by atoms with E-state index in [0.29, 0.717) is 5.88 Å². The SMILES string of the molecule is Cn1cc(-c2cc(N)on2)c2cccc(Br)c21. The molecule has 4 nitrogen and oxygen atoms in total. The summed E-state index contributed by atoms with van der Waals surface area (Å²) in [6.45, 7) is 0. The molecule has 0 saturated carbocycles. The molecule has 2 N–H and O–H groups in total. The summed E-state index contributed by atoms with van der Waals surface area (Å²) in [5.74, 6) is 0.326. The summed E-state index contributed by atoms with van der Waals surface area (Å²) in [6.07, 6.45) is 2.02. The highest BCUT2D eigenvalue weighted by molar-refractivity contribution is 9.10. The summed E-state index contributed by atoms with van der Waals surface area (Å²) < 4.78 is 8.03. The third-order valence-electron chi connectivity index (χ3n) is 2.76. The van der Waals surface area contributed by atoms with Gasteiger partial charge in [-0.25, -0.2) is 0 Å². The monoisotopic (exact) mass is 291 g/mol. The molecule has 17 heavy (non-hydrogen) atoms. The van der Waals surface area contributed by atoms with Crippen molar-refractivity contribution in [3.63, 3.8) is 0 Å². The van der Waals surface area contributed by atoms with Crippen molar-refractivity contribution in [2.24, 2.45) is 7.05 Å². The van der Waals surface area contributed by atoms with Crippen molar-refractivity contribution < 1.29 is 4.52 Å². The molecule has 1 aromatic carbocycles. The number of nitrogens with two attached hydrogens (primary N) is 1. The summed E-state index contributed by atoms with van der Waals surface area (Å²) in [5.41, 5.74) is 8.45. The number of rotatable bonds is 1. The Balaban J connectivity index is 2.35. The van der Waals surface area contributed by atoms with Crippen molar-refractivity contribution in [2.45, 2.75) is 0 Å². The molecular weight excluding hydrogens is 282 g/mol. The van der Waals surface area contributed by atoms with Crippen LogP contribution in [0.25, 0.3) is 22.2 Å². The normalized spacial score (nSPS) is 11.2. The number of hydrogen-bond acceptors (Lipinski definition) is 3. The minimum Gasteiger partial charge on any atom is -0.368 e. The molecule has 0 aliphatic rings. The molecule has 0 saturated heterocycles. The van der Waals surface area contributed by atoms with Gasteiger partial charge in [0.05, 0.1) is 5.52 Å². The summed E-state index contributed by atoms with van der Waals surface area (Å²) in [6, 6.07) is 7.80. The quantitative estimate of drug-likeness (QED) is 0.749. The van der Waals surface area contributed by atoms with Crippen molar-refractivity contribution >= 4 is 32.7 Å². The third-order valence-corrected chi connectivity index (χ3v) is 3.40. The molecule has 3 aromatic rings. The molecule has 0 spiro atoms. The molecule has 0 atom stereocenters. The van der Waals surface area contributed by atoms with Crippen LogP contribution >= 0.6 is 15.9 Å². The van der Waals surface area contributed by atoms with E-state index in [0.717, 1.165) is 26.6 Å². The number of fused-ring (bicyclic) bond motifs is 1.